The number of halogens is 1. The second-order valence-electron chi connectivity index (χ2n) is 8.58. The molecule has 0 fully saturated rings. The lowest BCUT2D eigenvalue weighted by atomic mass is 10.1. The SMILES string of the molecule is COc1ccc(CCNC(=O)C(=O)N/N=C\c2cc(I)c(OCC(=O)Nc3ccccc3C)c(OC)c2)cc1OC. The second kappa shape index (κ2) is 15.5. The number of nitrogens with zero attached hydrogens (tertiary/aromatic N) is 1. The molecule has 0 saturated heterocycles. The highest BCUT2D eigenvalue weighted by atomic mass is 127. The average Bonchev–Trinajstić information content (AvgIpc) is 2.97. The quantitative estimate of drug-likeness (QED) is 0.116. The third kappa shape index (κ3) is 9.10. The summed E-state index contributed by atoms with van der Waals surface area (Å²) >= 11 is 2.05. The molecule has 0 unspecified atom stereocenters. The summed E-state index contributed by atoms with van der Waals surface area (Å²) in [6.07, 6.45) is 1.86. The van der Waals surface area contributed by atoms with Crippen molar-refractivity contribution in [1.29, 1.82) is 0 Å². The van der Waals surface area contributed by atoms with Gasteiger partial charge in [-0.25, -0.2) is 5.43 Å². The number of rotatable bonds is 12. The molecule has 0 heterocycles. The molecule has 0 aliphatic carbocycles. The number of hydrogen-bond acceptors (Lipinski definition) is 8. The molecule has 0 saturated carbocycles. The molecule has 3 amide bonds. The van der Waals surface area contributed by atoms with Crippen LogP contribution in [0.3, 0.4) is 0 Å². The van der Waals surface area contributed by atoms with Gasteiger partial charge in [-0.05, 0) is 83.0 Å². The van der Waals surface area contributed by atoms with Gasteiger partial charge in [-0.3, -0.25) is 14.4 Å². The van der Waals surface area contributed by atoms with Crippen molar-refractivity contribution in [2.24, 2.45) is 5.10 Å². The van der Waals surface area contributed by atoms with Crippen molar-refractivity contribution >= 4 is 52.2 Å². The van der Waals surface area contributed by atoms with Crippen LogP contribution < -0.4 is 35.0 Å². The summed E-state index contributed by atoms with van der Waals surface area (Å²) in [5.74, 6) is -0.0829. The Balaban J connectivity index is 1.50. The van der Waals surface area contributed by atoms with Crippen molar-refractivity contribution in [3.8, 4) is 23.0 Å². The molecule has 0 aliphatic heterocycles. The van der Waals surface area contributed by atoms with Crippen molar-refractivity contribution in [3.05, 3.63) is 74.9 Å². The van der Waals surface area contributed by atoms with E-state index in [1.54, 1.807) is 32.4 Å². The standard InChI is InChI=1S/C29H31IN4O7/c1-18-7-5-6-8-22(18)33-26(35)17-41-27-21(30)13-20(15-25(27)40-4)16-32-34-29(37)28(36)31-12-11-19-9-10-23(38-2)24(14-19)39-3/h5-10,13-16H,11-12,17H2,1-4H3,(H,31,36)(H,33,35)(H,34,37)/b32-16-. The lowest BCUT2D eigenvalue weighted by molar-refractivity contribution is -0.139. The fraction of sp³-hybridized carbons (Fsp3) is 0.241. The van der Waals surface area contributed by atoms with Crippen LogP contribution in [-0.2, 0) is 20.8 Å². The number of nitrogens with one attached hydrogen (secondary N) is 3. The number of hydrogen-bond donors (Lipinski definition) is 3. The third-order valence-electron chi connectivity index (χ3n) is 5.75. The topological polar surface area (TPSA) is 137 Å². The molecule has 216 valence electrons. The number of hydrazone groups is 1. The molecule has 0 aliphatic rings. The van der Waals surface area contributed by atoms with E-state index in [1.807, 2.05) is 65.9 Å². The van der Waals surface area contributed by atoms with Crippen molar-refractivity contribution < 1.29 is 33.3 Å². The van der Waals surface area contributed by atoms with E-state index in [1.165, 1.54) is 13.3 Å². The molecule has 11 nitrogen and oxygen atoms in total. The monoisotopic (exact) mass is 674 g/mol. The number of carbonyl (C=O) groups is 3. The van der Waals surface area contributed by atoms with Gasteiger partial charge in [0.15, 0.2) is 29.6 Å². The fourth-order valence-corrected chi connectivity index (χ4v) is 4.43. The van der Waals surface area contributed by atoms with Crippen LogP contribution in [0.4, 0.5) is 5.69 Å². The highest BCUT2D eigenvalue weighted by molar-refractivity contribution is 14.1. The summed E-state index contributed by atoms with van der Waals surface area (Å²) in [4.78, 5) is 36.7. The number of aryl methyl sites for hydroxylation is 1. The normalized spacial score (nSPS) is 10.6. The third-order valence-corrected chi connectivity index (χ3v) is 6.55. The highest BCUT2D eigenvalue weighted by Crippen LogP contribution is 2.33. The van der Waals surface area contributed by atoms with Crippen molar-refractivity contribution in [1.82, 2.24) is 10.7 Å². The summed E-state index contributed by atoms with van der Waals surface area (Å²) in [5, 5.41) is 9.24. The van der Waals surface area contributed by atoms with Crippen molar-refractivity contribution in [3.63, 3.8) is 0 Å². The predicted molar refractivity (Wildman–Crippen MR) is 163 cm³/mol. The summed E-state index contributed by atoms with van der Waals surface area (Å²) in [6.45, 7) is 1.93. The van der Waals surface area contributed by atoms with E-state index < -0.39 is 11.8 Å². The van der Waals surface area contributed by atoms with Gasteiger partial charge in [0, 0.05) is 12.2 Å². The number of methoxy groups -OCH3 is 3. The maximum atomic E-state index is 12.4. The Hall–Kier alpha value is -4.33. The molecule has 12 heteroatoms. The van der Waals surface area contributed by atoms with E-state index in [-0.39, 0.29) is 19.1 Å². The first-order chi connectivity index (χ1) is 19.7. The molecule has 0 radical (unpaired) electrons. The van der Waals surface area contributed by atoms with Gasteiger partial charge in [-0.2, -0.15) is 5.10 Å². The first-order valence-corrected chi connectivity index (χ1v) is 13.5. The minimum absolute atomic E-state index is 0.217. The summed E-state index contributed by atoms with van der Waals surface area (Å²) < 4.78 is 22.3. The molecule has 3 aromatic rings. The fourth-order valence-electron chi connectivity index (χ4n) is 3.64. The largest absolute Gasteiger partial charge is 0.493 e. The predicted octanol–water partition coefficient (Wildman–Crippen LogP) is 3.45. The Morgan fingerprint density at radius 1 is 0.902 bits per heavy atom. The lowest BCUT2D eigenvalue weighted by Gasteiger charge is -2.14. The maximum Gasteiger partial charge on any atom is 0.329 e. The number of carbonyl (C=O) groups excluding carboxylic acids is 3. The molecule has 3 aromatic carbocycles. The van der Waals surface area contributed by atoms with Gasteiger partial charge in [-0.1, -0.05) is 24.3 Å². The van der Waals surface area contributed by atoms with Crippen LogP contribution in [0.2, 0.25) is 0 Å². The molecule has 0 aromatic heterocycles. The second-order valence-corrected chi connectivity index (χ2v) is 9.74. The number of anilines is 1. The van der Waals surface area contributed by atoms with E-state index in [9.17, 15) is 14.4 Å². The van der Waals surface area contributed by atoms with Crippen LogP contribution in [0, 0.1) is 10.5 Å². The van der Waals surface area contributed by atoms with Crippen LogP contribution in [0.1, 0.15) is 16.7 Å². The summed E-state index contributed by atoms with van der Waals surface area (Å²) in [7, 11) is 4.57. The Bertz CT molecular complexity index is 1430. The Morgan fingerprint density at radius 2 is 1.63 bits per heavy atom. The molecular weight excluding hydrogens is 643 g/mol. The number of amides is 3. The van der Waals surface area contributed by atoms with Gasteiger partial charge in [0.2, 0.25) is 0 Å². The molecule has 3 N–H and O–H groups in total. The molecular formula is C29H31IN4O7. The van der Waals surface area contributed by atoms with Crippen molar-refractivity contribution in [2.45, 2.75) is 13.3 Å². The summed E-state index contributed by atoms with van der Waals surface area (Å²) in [5.41, 5.74) is 5.35. The van der Waals surface area contributed by atoms with E-state index >= 15 is 0 Å². The first-order valence-electron chi connectivity index (χ1n) is 12.4. The number of ether oxygens (including phenoxy) is 4. The molecule has 0 atom stereocenters. The zero-order valence-electron chi connectivity index (χ0n) is 23.1. The smallest absolute Gasteiger partial charge is 0.329 e. The minimum Gasteiger partial charge on any atom is -0.493 e. The molecule has 41 heavy (non-hydrogen) atoms. The molecule has 0 bridgehead atoms. The zero-order valence-corrected chi connectivity index (χ0v) is 25.2. The van der Waals surface area contributed by atoms with Crippen LogP contribution in [0.15, 0.2) is 59.7 Å². The van der Waals surface area contributed by atoms with E-state index in [0.717, 1.165) is 11.1 Å². The van der Waals surface area contributed by atoms with Gasteiger partial charge < -0.3 is 29.6 Å². The highest BCUT2D eigenvalue weighted by Gasteiger charge is 2.15. The van der Waals surface area contributed by atoms with Crippen LogP contribution >= 0.6 is 22.6 Å². The van der Waals surface area contributed by atoms with Gasteiger partial charge in [0.25, 0.3) is 5.91 Å². The van der Waals surface area contributed by atoms with E-state index in [0.29, 0.717) is 44.2 Å². The van der Waals surface area contributed by atoms with Gasteiger partial charge >= 0.3 is 11.8 Å². The Labute approximate surface area is 251 Å². The first kappa shape index (κ1) is 31.2. The number of benzene rings is 3. The zero-order chi connectivity index (χ0) is 29.8. The van der Waals surface area contributed by atoms with Gasteiger partial charge in [0.1, 0.15) is 0 Å². The van der Waals surface area contributed by atoms with Crippen molar-refractivity contribution in [2.75, 3.05) is 39.8 Å². The van der Waals surface area contributed by atoms with E-state index in [4.69, 9.17) is 18.9 Å². The van der Waals surface area contributed by atoms with Crippen LogP contribution in [-0.4, -0.2) is 58.4 Å². The average molecular weight is 674 g/mol. The van der Waals surface area contributed by atoms with Crippen LogP contribution in [0.25, 0.3) is 0 Å². The maximum absolute atomic E-state index is 12.4. The number of para-hydroxylation sites is 1. The Kier molecular flexibility index (Phi) is 11.8. The lowest BCUT2D eigenvalue weighted by Crippen LogP contribution is -2.38. The molecule has 0 spiro atoms. The summed E-state index contributed by atoms with van der Waals surface area (Å²) in [6, 6.07) is 16.2. The Morgan fingerprint density at radius 3 is 2.34 bits per heavy atom. The minimum atomic E-state index is -0.908. The van der Waals surface area contributed by atoms with Crippen LogP contribution in [0.5, 0.6) is 23.0 Å². The van der Waals surface area contributed by atoms with Gasteiger partial charge in [-0.15, -0.1) is 0 Å². The van der Waals surface area contributed by atoms with Gasteiger partial charge in [0.05, 0.1) is 31.1 Å². The van der Waals surface area contributed by atoms with E-state index in [2.05, 4.69) is 21.2 Å². The molecule has 3 rings (SSSR count).